The van der Waals surface area contributed by atoms with E-state index in [1.54, 1.807) is 0 Å². The standard InChI is InChI=1S/C2H3NO4.H3N/c3-1(4)7-2(5)6;/h(H2,3,4)(H,5,6);1H3. The predicted octanol–water partition coefficient (Wildman–Crippen LogP) is -0.0783. The Morgan fingerprint density at radius 1 is 1.50 bits per heavy atom. The van der Waals surface area contributed by atoms with E-state index in [9.17, 15) is 9.59 Å². The zero-order valence-electron chi connectivity index (χ0n) is 3.96. The first kappa shape index (κ1) is 9.85. The van der Waals surface area contributed by atoms with Crippen LogP contribution in [0.15, 0.2) is 0 Å². The molecule has 0 aromatic heterocycles. The lowest BCUT2D eigenvalue weighted by Gasteiger charge is -1.85. The third kappa shape index (κ3) is 8.83. The fraction of sp³-hybridized carbons (Fsp3) is 0. The summed E-state index contributed by atoms with van der Waals surface area (Å²) in [5, 5.41) is 7.56. The predicted molar refractivity (Wildman–Crippen MR) is 23.7 cm³/mol. The second-order valence-corrected chi connectivity index (χ2v) is 0.687. The van der Waals surface area contributed by atoms with Crippen molar-refractivity contribution in [2.45, 2.75) is 0 Å². The first-order chi connectivity index (χ1) is 3.13. The summed E-state index contributed by atoms with van der Waals surface area (Å²) in [7, 11) is 0. The summed E-state index contributed by atoms with van der Waals surface area (Å²) in [5.74, 6) is 0. The van der Waals surface area contributed by atoms with E-state index >= 15 is 0 Å². The van der Waals surface area contributed by atoms with Crippen molar-refractivity contribution in [2.75, 3.05) is 0 Å². The van der Waals surface area contributed by atoms with Gasteiger partial charge < -0.3 is 21.7 Å². The summed E-state index contributed by atoms with van der Waals surface area (Å²) in [5.41, 5.74) is 4.25. The number of amides is 1. The average molecular weight is 122 g/mol. The second kappa shape index (κ2) is 3.88. The van der Waals surface area contributed by atoms with Crippen molar-refractivity contribution in [3.05, 3.63) is 0 Å². The lowest BCUT2D eigenvalue weighted by molar-refractivity contribution is 0.114. The summed E-state index contributed by atoms with van der Waals surface area (Å²) in [6.45, 7) is 0. The van der Waals surface area contributed by atoms with Crippen LogP contribution in [0, 0.1) is 0 Å². The summed E-state index contributed by atoms with van der Waals surface area (Å²) in [6, 6.07) is 0. The smallest absolute Gasteiger partial charge is 0.449 e. The molecule has 1 amide bonds. The summed E-state index contributed by atoms with van der Waals surface area (Å²) in [6.07, 6.45) is -3.00. The van der Waals surface area contributed by atoms with Crippen molar-refractivity contribution >= 4 is 12.2 Å². The molecule has 0 radical (unpaired) electrons. The molecule has 6 N–H and O–H groups in total. The number of carboxylic acid groups (broad SMARTS) is 1. The van der Waals surface area contributed by atoms with Crippen LogP contribution in [-0.2, 0) is 4.74 Å². The van der Waals surface area contributed by atoms with Crippen LogP contribution in [0.1, 0.15) is 0 Å². The molecule has 8 heavy (non-hydrogen) atoms. The molecule has 0 aromatic rings. The number of primary amides is 1. The van der Waals surface area contributed by atoms with Crippen LogP contribution in [0.3, 0.4) is 0 Å². The van der Waals surface area contributed by atoms with E-state index in [-0.39, 0.29) is 6.15 Å². The number of carbonyl (C=O) groups is 2. The van der Waals surface area contributed by atoms with Crippen LogP contribution in [-0.4, -0.2) is 17.4 Å². The summed E-state index contributed by atoms with van der Waals surface area (Å²) in [4.78, 5) is 18.7. The second-order valence-electron chi connectivity index (χ2n) is 0.687. The van der Waals surface area contributed by atoms with Gasteiger partial charge in [0.05, 0.1) is 0 Å². The SMILES string of the molecule is N.NC(=O)OC(=O)O. The van der Waals surface area contributed by atoms with E-state index in [0.717, 1.165) is 0 Å². The van der Waals surface area contributed by atoms with Gasteiger partial charge in [0.2, 0.25) is 0 Å². The van der Waals surface area contributed by atoms with Gasteiger partial charge in [-0.2, -0.15) is 0 Å². The average Bonchev–Trinajstić information content (AvgIpc) is 1.27. The Bertz CT molecular complexity index is 88.2. The molecule has 6 heteroatoms. The fourth-order valence-electron chi connectivity index (χ4n) is 0.0861. The van der Waals surface area contributed by atoms with E-state index in [4.69, 9.17) is 5.11 Å². The lowest BCUT2D eigenvalue weighted by Crippen LogP contribution is -2.16. The largest absolute Gasteiger partial charge is 0.514 e. The maximum absolute atomic E-state index is 9.43. The van der Waals surface area contributed by atoms with Crippen molar-refractivity contribution in [3.63, 3.8) is 0 Å². The molecule has 0 saturated heterocycles. The molecule has 0 aliphatic heterocycles. The van der Waals surface area contributed by atoms with E-state index in [1.165, 1.54) is 0 Å². The minimum absolute atomic E-state index is 0. The van der Waals surface area contributed by atoms with Crippen molar-refractivity contribution in [3.8, 4) is 0 Å². The number of nitrogens with two attached hydrogens (primary N) is 1. The van der Waals surface area contributed by atoms with Gasteiger partial charge in [0.1, 0.15) is 0 Å². The molecule has 0 aromatic carbocycles. The number of rotatable bonds is 0. The van der Waals surface area contributed by atoms with Crippen LogP contribution < -0.4 is 11.9 Å². The summed E-state index contributed by atoms with van der Waals surface area (Å²) < 4.78 is 3.31. The first-order valence-corrected chi connectivity index (χ1v) is 1.33. The van der Waals surface area contributed by atoms with Gasteiger partial charge in [-0.15, -0.1) is 0 Å². The molecule has 0 aliphatic rings. The topological polar surface area (TPSA) is 125 Å². The zero-order chi connectivity index (χ0) is 5.86. The minimum Gasteiger partial charge on any atom is -0.449 e. The highest BCUT2D eigenvalue weighted by molar-refractivity contribution is 5.78. The molecule has 0 unspecified atom stereocenters. The Hall–Kier alpha value is -1.30. The van der Waals surface area contributed by atoms with E-state index in [2.05, 4.69) is 10.5 Å². The maximum atomic E-state index is 9.43. The molecule has 0 saturated carbocycles. The van der Waals surface area contributed by atoms with Crippen LogP contribution in [0.2, 0.25) is 0 Å². The highest BCUT2D eigenvalue weighted by Crippen LogP contribution is 1.70. The number of hydrogen-bond donors (Lipinski definition) is 3. The molecular formula is C2H6N2O4. The maximum Gasteiger partial charge on any atom is 0.514 e. The third-order valence-electron chi connectivity index (χ3n) is 0.188. The van der Waals surface area contributed by atoms with Gasteiger partial charge in [0, 0.05) is 0 Å². The number of carbonyl (C=O) groups excluding carboxylic acids is 1. The number of hydrogen-bond acceptors (Lipinski definition) is 4. The fourth-order valence-corrected chi connectivity index (χ4v) is 0.0861. The third-order valence-corrected chi connectivity index (χ3v) is 0.188. The molecule has 0 spiro atoms. The Balaban J connectivity index is 0. The highest BCUT2D eigenvalue weighted by Gasteiger charge is 1.98. The van der Waals surface area contributed by atoms with E-state index in [1.807, 2.05) is 0 Å². The van der Waals surface area contributed by atoms with E-state index < -0.39 is 12.2 Å². The number of ether oxygens (including phenoxy) is 1. The quantitative estimate of drug-likeness (QED) is 0.306. The van der Waals surface area contributed by atoms with Crippen LogP contribution >= 0.6 is 0 Å². The van der Waals surface area contributed by atoms with Crippen molar-refractivity contribution in [1.82, 2.24) is 6.15 Å². The molecule has 0 heterocycles. The van der Waals surface area contributed by atoms with Crippen molar-refractivity contribution < 1.29 is 19.4 Å². The van der Waals surface area contributed by atoms with Crippen LogP contribution in [0.5, 0.6) is 0 Å². The monoisotopic (exact) mass is 122 g/mol. The minimum atomic E-state index is -1.69. The van der Waals surface area contributed by atoms with Gasteiger partial charge in [0.25, 0.3) is 0 Å². The molecule has 0 rings (SSSR count). The van der Waals surface area contributed by atoms with Gasteiger partial charge in [-0.3, -0.25) is 0 Å². The molecule has 6 nitrogen and oxygen atoms in total. The Kier molecular flexibility index (Phi) is 4.77. The molecule has 48 valence electrons. The molecule has 0 bridgehead atoms. The first-order valence-electron chi connectivity index (χ1n) is 1.33. The van der Waals surface area contributed by atoms with Crippen LogP contribution in [0.4, 0.5) is 9.59 Å². The molecule has 0 aliphatic carbocycles. The normalized spacial score (nSPS) is 6.50. The van der Waals surface area contributed by atoms with Gasteiger partial charge in [-0.25, -0.2) is 9.59 Å². The lowest BCUT2D eigenvalue weighted by atomic mass is 11.2. The van der Waals surface area contributed by atoms with Gasteiger partial charge in [-0.1, -0.05) is 0 Å². The van der Waals surface area contributed by atoms with Gasteiger partial charge >= 0.3 is 12.2 Å². The Morgan fingerprint density at radius 2 is 1.88 bits per heavy atom. The van der Waals surface area contributed by atoms with E-state index in [0.29, 0.717) is 0 Å². The Morgan fingerprint density at radius 3 is 1.88 bits per heavy atom. The molecule has 0 atom stereocenters. The molecular weight excluding hydrogens is 116 g/mol. The van der Waals surface area contributed by atoms with Gasteiger partial charge in [-0.05, 0) is 0 Å². The van der Waals surface area contributed by atoms with Crippen molar-refractivity contribution in [1.29, 1.82) is 0 Å². The summed E-state index contributed by atoms with van der Waals surface area (Å²) >= 11 is 0. The molecule has 0 fully saturated rings. The van der Waals surface area contributed by atoms with Crippen molar-refractivity contribution in [2.24, 2.45) is 5.73 Å². The van der Waals surface area contributed by atoms with Gasteiger partial charge in [0.15, 0.2) is 0 Å². The zero-order valence-corrected chi connectivity index (χ0v) is 3.96. The van der Waals surface area contributed by atoms with Crippen LogP contribution in [0.25, 0.3) is 0 Å². The Labute approximate surface area is 44.8 Å². The highest BCUT2D eigenvalue weighted by atomic mass is 16.7.